The van der Waals surface area contributed by atoms with Crippen LogP contribution in [0, 0.1) is 6.92 Å². The summed E-state index contributed by atoms with van der Waals surface area (Å²) < 4.78 is 1.68. The number of fused-ring (bicyclic) bond motifs is 1. The number of aromatic nitrogens is 3. The Morgan fingerprint density at radius 2 is 2.33 bits per heavy atom. The number of nitrogens with one attached hydrogen (secondary N) is 1. The summed E-state index contributed by atoms with van der Waals surface area (Å²) in [4.78, 5) is 15.5. The van der Waals surface area contributed by atoms with Crippen molar-refractivity contribution in [3.8, 4) is 0 Å². The van der Waals surface area contributed by atoms with Gasteiger partial charge in [0.15, 0.2) is 5.82 Å². The molecule has 2 rings (SSSR count). The van der Waals surface area contributed by atoms with Crippen molar-refractivity contribution >= 4 is 17.3 Å². The van der Waals surface area contributed by atoms with Crippen LogP contribution in [0.15, 0.2) is 18.5 Å². The molecule has 0 aromatic carbocycles. The molecule has 1 atom stereocenters. The van der Waals surface area contributed by atoms with Crippen LogP contribution in [0.4, 0.5) is 5.82 Å². The first-order chi connectivity index (χ1) is 8.46. The molecule has 0 saturated heterocycles. The maximum absolute atomic E-state index is 11.3. The molecule has 96 valence electrons. The van der Waals surface area contributed by atoms with Gasteiger partial charge >= 0.3 is 5.97 Å². The number of rotatable bonds is 4. The topological polar surface area (TPSA) is 79.5 Å². The summed E-state index contributed by atoms with van der Waals surface area (Å²) in [5.74, 6) is -0.366. The highest BCUT2D eigenvalue weighted by atomic mass is 16.4. The Hall–Kier alpha value is -2.11. The van der Waals surface area contributed by atoms with Crippen LogP contribution in [-0.2, 0) is 4.79 Å². The fraction of sp³-hybridized carbons (Fsp3) is 0.417. The van der Waals surface area contributed by atoms with E-state index in [1.54, 1.807) is 23.8 Å². The van der Waals surface area contributed by atoms with Crippen molar-refractivity contribution in [1.29, 1.82) is 0 Å². The van der Waals surface area contributed by atoms with Crippen LogP contribution in [-0.4, -0.2) is 31.2 Å². The second-order valence-electron chi connectivity index (χ2n) is 4.51. The highest BCUT2D eigenvalue weighted by Gasteiger charge is 2.31. The second-order valence-corrected chi connectivity index (χ2v) is 4.51. The summed E-state index contributed by atoms with van der Waals surface area (Å²) >= 11 is 0. The lowest BCUT2D eigenvalue weighted by Crippen LogP contribution is -2.43. The summed E-state index contributed by atoms with van der Waals surface area (Å²) in [6, 6.07) is 1.87. The molecule has 0 spiro atoms. The number of hydrogen-bond acceptors (Lipinski definition) is 4. The standard InChI is InChI=1S/C12H16N4O2/c1-4-12(3,11(17)18)14-10-9-7-8(2)15-16(9)6-5-13-10/h5-7H,4H2,1-3H3,(H,13,14)(H,17,18). The average Bonchev–Trinajstić information content (AvgIpc) is 2.70. The average molecular weight is 248 g/mol. The fourth-order valence-electron chi connectivity index (χ4n) is 1.70. The molecule has 0 aliphatic carbocycles. The molecule has 2 N–H and O–H groups in total. The second kappa shape index (κ2) is 4.29. The molecule has 6 heteroatoms. The number of hydrogen-bond donors (Lipinski definition) is 2. The molecule has 0 bridgehead atoms. The first-order valence-electron chi connectivity index (χ1n) is 5.79. The molecule has 0 radical (unpaired) electrons. The number of anilines is 1. The van der Waals surface area contributed by atoms with Gasteiger partial charge in [0.1, 0.15) is 11.1 Å². The molecule has 1 unspecified atom stereocenters. The van der Waals surface area contributed by atoms with Crippen molar-refractivity contribution in [3.05, 3.63) is 24.2 Å². The third-order valence-electron chi connectivity index (χ3n) is 3.09. The molecule has 2 aromatic rings. The summed E-state index contributed by atoms with van der Waals surface area (Å²) in [5, 5.41) is 16.5. The normalized spacial score (nSPS) is 14.4. The fourth-order valence-corrected chi connectivity index (χ4v) is 1.70. The molecule has 2 heterocycles. The van der Waals surface area contributed by atoms with Crippen LogP contribution in [0.25, 0.3) is 5.52 Å². The van der Waals surface area contributed by atoms with Crippen LogP contribution >= 0.6 is 0 Å². The van der Waals surface area contributed by atoms with E-state index in [4.69, 9.17) is 0 Å². The maximum atomic E-state index is 11.3. The van der Waals surface area contributed by atoms with E-state index in [-0.39, 0.29) is 0 Å². The molecule has 0 saturated carbocycles. The quantitative estimate of drug-likeness (QED) is 0.861. The minimum absolute atomic E-state index is 0.457. The van der Waals surface area contributed by atoms with Crippen molar-refractivity contribution < 1.29 is 9.90 Å². The van der Waals surface area contributed by atoms with E-state index in [9.17, 15) is 9.90 Å². The maximum Gasteiger partial charge on any atom is 0.329 e. The minimum Gasteiger partial charge on any atom is -0.480 e. The Kier molecular flexibility index (Phi) is 2.94. The van der Waals surface area contributed by atoms with E-state index in [0.29, 0.717) is 12.2 Å². The van der Waals surface area contributed by atoms with Gasteiger partial charge in [-0.2, -0.15) is 5.10 Å². The van der Waals surface area contributed by atoms with Crippen molar-refractivity contribution in [2.45, 2.75) is 32.7 Å². The molecule has 0 aliphatic rings. The predicted molar refractivity (Wildman–Crippen MR) is 67.7 cm³/mol. The Labute approximate surface area is 105 Å². The van der Waals surface area contributed by atoms with Gasteiger partial charge in [0.25, 0.3) is 0 Å². The third-order valence-corrected chi connectivity index (χ3v) is 3.09. The van der Waals surface area contributed by atoms with E-state index in [1.165, 1.54) is 0 Å². The lowest BCUT2D eigenvalue weighted by atomic mass is 9.99. The number of aliphatic carboxylic acids is 1. The number of aryl methyl sites for hydroxylation is 1. The zero-order chi connectivity index (χ0) is 13.3. The first kappa shape index (κ1) is 12.3. The summed E-state index contributed by atoms with van der Waals surface area (Å²) in [5.41, 5.74) is 0.600. The third kappa shape index (κ3) is 2.01. The van der Waals surface area contributed by atoms with Crippen LogP contribution in [0.2, 0.25) is 0 Å². The lowest BCUT2D eigenvalue weighted by molar-refractivity contribution is -0.141. The Bertz CT molecular complexity index is 593. The molecular weight excluding hydrogens is 232 g/mol. The number of carboxylic acid groups (broad SMARTS) is 1. The van der Waals surface area contributed by atoms with Gasteiger partial charge in [-0.05, 0) is 26.3 Å². The SMILES string of the molecule is CCC(C)(Nc1nccn2nc(C)cc12)C(=O)O. The smallest absolute Gasteiger partial charge is 0.329 e. The van der Waals surface area contributed by atoms with Gasteiger partial charge in [0, 0.05) is 12.4 Å². The highest BCUT2D eigenvalue weighted by molar-refractivity contribution is 5.84. The number of nitrogens with zero attached hydrogens (tertiary/aromatic N) is 3. The van der Waals surface area contributed by atoms with Gasteiger partial charge in [0.2, 0.25) is 0 Å². The summed E-state index contributed by atoms with van der Waals surface area (Å²) in [6.07, 6.45) is 3.79. The van der Waals surface area contributed by atoms with Gasteiger partial charge in [-0.1, -0.05) is 6.92 Å². The van der Waals surface area contributed by atoms with E-state index in [2.05, 4.69) is 15.4 Å². The van der Waals surface area contributed by atoms with Crippen molar-refractivity contribution in [2.24, 2.45) is 0 Å². The molecule has 2 aromatic heterocycles. The molecule has 0 aliphatic heterocycles. The molecule has 0 amide bonds. The molecule has 6 nitrogen and oxygen atoms in total. The summed E-state index contributed by atoms with van der Waals surface area (Å²) in [7, 11) is 0. The van der Waals surface area contributed by atoms with E-state index in [1.807, 2.05) is 19.9 Å². The zero-order valence-corrected chi connectivity index (χ0v) is 10.6. The van der Waals surface area contributed by atoms with Gasteiger partial charge in [-0.15, -0.1) is 0 Å². The minimum atomic E-state index is -1.03. The van der Waals surface area contributed by atoms with E-state index in [0.717, 1.165) is 11.2 Å². The largest absolute Gasteiger partial charge is 0.480 e. The van der Waals surface area contributed by atoms with Crippen molar-refractivity contribution in [2.75, 3.05) is 5.32 Å². The van der Waals surface area contributed by atoms with Gasteiger partial charge in [-0.3, -0.25) is 0 Å². The Morgan fingerprint density at radius 3 is 2.94 bits per heavy atom. The van der Waals surface area contributed by atoms with Gasteiger partial charge < -0.3 is 10.4 Å². The molecule has 18 heavy (non-hydrogen) atoms. The molecule has 0 fully saturated rings. The van der Waals surface area contributed by atoms with Crippen molar-refractivity contribution in [1.82, 2.24) is 14.6 Å². The first-order valence-corrected chi connectivity index (χ1v) is 5.79. The van der Waals surface area contributed by atoms with E-state index >= 15 is 0 Å². The van der Waals surface area contributed by atoms with E-state index < -0.39 is 11.5 Å². The van der Waals surface area contributed by atoms with Gasteiger partial charge in [-0.25, -0.2) is 14.3 Å². The molecular formula is C12H16N4O2. The monoisotopic (exact) mass is 248 g/mol. The van der Waals surface area contributed by atoms with Crippen LogP contribution in [0.1, 0.15) is 26.0 Å². The lowest BCUT2D eigenvalue weighted by Gasteiger charge is -2.25. The Morgan fingerprint density at radius 1 is 1.61 bits per heavy atom. The highest BCUT2D eigenvalue weighted by Crippen LogP contribution is 2.21. The van der Waals surface area contributed by atoms with Crippen LogP contribution in [0.3, 0.4) is 0 Å². The summed E-state index contributed by atoms with van der Waals surface area (Å²) in [6.45, 7) is 5.35. The van der Waals surface area contributed by atoms with Crippen molar-refractivity contribution in [3.63, 3.8) is 0 Å². The number of carbonyl (C=O) groups is 1. The number of carboxylic acids is 1. The van der Waals surface area contributed by atoms with Crippen LogP contribution in [0.5, 0.6) is 0 Å². The van der Waals surface area contributed by atoms with Crippen LogP contribution < -0.4 is 5.32 Å². The zero-order valence-electron chi connectivity index (χ0n) is 10.6. The van der Waals surface area contributed by atoms with Gasteiger partial charge in [0.05, 0.1) is 5.69 Å². The Balaban J connectivity index is 2.45. The predicted octanol–water partition coefficient (Wildman–Crippen LogP) is 1.70.